The van der Waals surface area contributed by atoms with Crippen LogP contribution in [0.4, 0.5) is 0 Å². The van der Waals surface area contributed by atoms with Crippen LogP contribution >= 0.6 is 0 Å². The molecule has 4 nitrogen and oxygen atoms in total. The average molecular weight is 250 g/mol. The lowest BCUT2D eigenvalue weighted by Crippen LogP contribution is -2.47. The Morgan fingerprint density at radius 1 is 1.56 bits per heavy atom. The maximum Gasteiger partial charge on any atom is 0.240 e. The van der Waals surface area contributed by atoms with Crippen molar-refractivity contribution >= 4 is 5.91 Å². The molecule has 1 aromatic rings. The van der Waals surface area contributed by atoms with Gasteiger partial charge in [0.15, 0.2) is 0 Å². The van der Waals surface area contributed by atoms with E-state index in [0.29, 0.717) is 19.0 Å². The van der Waals surface area contributed by atoms with Crippen molar-refractivity contribution in [2.75, 3.05) is 0 Å². The Morgan fingerprint density at radius 3 is 2.83 bits per heavy atom. The Hall–Kier alpha value is -1.29. The fraction of sp³-hybridized carbons (Fsp3) is 0.643. The number of furan rings is 1. The second kappa shape index (κ2) is 6.05. The third-order valence-corrected chi connectivity index (χ3v) is 3.71. The first-order chi connectivity index (χ1) is 8.72. The van der Waals surface area contributed by atoms with Gasteiger partial charge in [0.2, 0.25) is 5.91 Å². The van der Waals surface area contributed by atoms with Crippen molar-refractivity contribution in [2.45, 2.75) is 57.7 Å². The maximum absolute atomic E-state index is 12.3. The summed E-state index contributed by atoms with van der Waals surface area (Å²) in [5, 5.41) is 0. The molecule has 0 bridgehead atoms. The molecule has 0 saturated heterocycles. The Labute approximate surface area is 108 Å². The maximum atomic E-state index is 12.3. The Morgan fingerprint density at radius 2 is 2.28 bits per heavy atom. The minimum Gasteiger partial charge on any atom is -0.467 e. The topological polar surface area (TPSA) is 59.5 Å². The number of rotatable bonds is 5. The summed E-state index contributed by atoms with van der Waals surface area (Å²) in [6, 6.07) is 3.71. The van der Waals surface area contributed by atoms with E-state index in [9.17, 15) is 4.79 Å². The first kappa shape index (κ1) is 13.1. The minimum absolute atomic E-state index is 0.0563. The van der Waals surface area contributed by atoms with Crippen LogP contribution in [0.25, 0.3) is 0 Å². The van der Waals surface area contributed by atoms with Crippen molar-refractivity contribution in [2.24, 2.45) is 5.73 Å². The van der Waals surface area contributed by atoms with E-state index in [1.54, 1.807) is 6.26 Å². The van der Waals surface area contributed by atoms with Crippen molar-refractivity contribution < 1.29 is 9.21 Å². The van der Waals surface area contributed by atoms with E-state index in [1.165, 1.54) is 12.8 Å². The van der Waals surface area contributed by atoms with Gasteiger partial charge in [-0.05, 0) is 31.4 Å². The van der Waals surface area contributed by atoms with E-state index >= 15 is 0 Å². The molecule has 18 heavy (non-hydrogen) atoms. The van der Waals surface area contributed by atoms with E-state index < -0.39 is 0 Å². The van der Waals surface area contributed by atoms with Crippen molar-refractivity contribution in [3.05, 3.63) is 24.2 Å². The van der Waals surface area contributed by atoms with Crippen LogP contribution in [0.1, 0.15) is 44.8 Å². The highest BCUT2D eigenvalue weighted by Gasteiger charge is 2.29. The Kier molecular flexibility index (Phi) is 4.42. The molecule has 2 rings (SSSR count). The van der Waals surface area contributed by atoms with Crippen LogP contribution < -0.4 is 5.73 Å². The van der Waals surface area contributed by atoms with Crippen LogP contribution in [-0.2, 0) is 11.3 Å². The van der Waals surface area contributed by atoms with E-state index in [1.807, 2.05) is 24.0 Å². The van der Waals surface area contributed by atoms with Gasteiger partial charge < -0.3 is 15.1 Å². The third-order valence-electron chi connectivity index (χ3n) is 3.71. The van der Waals surface area contributed by atoms with Gasteiger partial charge in [-0.1, -0.05) is 19.8 Å². The van der Waals surface area contributed by atoms with Crippen LogP contribution in [0.2, 0.25) is 0 Å². The zero-order valence-corrected chi connectivity index (χ0v) is 11.0. The van der Waals surface area contributed by atoms with E-state index in [2.05, 4.69) is 0 Å². The van der Waals surface area contributed by atoms with Crippen LogP contribution in [0.3, 0.4) is 0 Å². The molecule has 2 N–H and O–H groups in total. The quantitative estimate of drug-likeness (QED) is 0.872. The molecule has 0 spiro atoms. The normalized spacial score (nSPS) is 17.9. The summed E-state index contributed by atoms with van der Waals surface area (Å²) in [4.78, 5) is 14.3. The lowest BCUT2D eigenvalue weighted by molar-refractivity contribution is -0.136. The summed E-state index contributed by atoms with van der Waals surface area (Å²) in [5.41, 5.74) is 5.89. The third kappa shape index (κ3) is 2.93. The van der Waals surface area contributed by atoms with Crippen LogP contribution in [0, 0.1) is 0 Å². The number of hydrogen-bond acceptors (Lipinski definition) is 3. The number of carbonyl (C=O) groups excluding carboxylic acids is 1. The molecule has 1 amide bonds. The summed E-state index contributed by atoms with van der Waals surface area (Å²) in [5.74, 6) is 0.888. The first-order valence-corrected chi connectivity index (χ1v) is 6.80. The van der Waals surface area contributed by atoms with Gasteiger partial charge in [-0.2, -0.15) is 0 Å². The van der Waals surface area contributed by atoms with Crippen molar-refractivity contribution in [3.63, 3.8) is 0 Å². The summed E-state index contributed by atoms with van der Waals surface area (Å²) >= 11 is 0. The van der Waals surface area contributed by atoms with E-state index in [4.69, 9.17) is 10.2 Å². The molecule has 1 aliphatic carbocycles. The molecule has 1 heterocycles. The number of nitrogens with zero attached hydrogens (tertiary/aromatic N) is 1. The van der Waals surface area contributed by atoms with E-state index in [0.717, 1.165) is 18.6 Å². The van der Waals surface area contributed by atoms with Gasteiger partial charge in [0.25, 0.3) is 0 Å². The monoisotopic (exact) mass is 250 g/mol. The molecule has 0 aromatic carbocycles. The van der Waals surface area contributed by atoms with Gasteiger partial charge >= 0.3 is 0 Å². The van der Waals surface area contributed by atoms with Crippen LogP contribution in [0.5, 0.6) is 0 Å². The molecule has 0 unspecified atom stereocenters. The second-order valence-electron chi connectivity index (χ2n) is 5.00. The highest BCUT2D eigenvalue weighted by atomic mass is 16.3. The number of amides is 1. The molecule has 1 atom stereocenters. The highest BCUT2D eigenvalue weighted by Crippen LogP contribution is 2.25. The van der Waals surface area contributed by atoms with Crippen LogP contribution in [0.15, 0.2) is 22.8 Å². The number of nitrogens with two attached hydrogens (primary N) is 1. The molecule has 0 aliphatic heterocycles. The molecule has 4 heteroatoms. The van der Waals surface area contributed by atoms with Crippen LogP contribution in [-0.4, -0.2) is 22.9 Å². The lowest BCUT2D eigenvalue weighted by Gasteiger charge is -2.30. The Bertz CT molecular complexity index is 369. The average Bonchev–Trinajstić information content (AvgIpc) is 3.06. The smallest absolute Gasteiger partial charge is 0.240 e. The van der Waals surface area contributed by atoms with Gasteiger partial charge in [0.05, 0.1) is 18.8 Å². The molecule has 0 radical (unpaired) electrons. The van der Waals surface area contributed by atoms with Gasteiger partial charge in [-0.25, -0.2) is 0 Å². The fourth-order valence-corrected chi connectivity index (χ4v) is 2.56. The molecule has 1 aliphatic rings. The minimum atomic E-state index is -0.388. The van der Waals surface area contributed by atoms with Crippen molar-refractivity contribution in [1.29, 1.82) is 0 Å². The Balaban J connectivity index is 2.09. The predicted octanol–water partition coefficient (Wildman–Crippen LogP) is 2.29. The summed E-state index contributed by atoms with van der Waals surface area (Å²) in [6.45, 7) is 2.49. The second-order valence-corrected chi connectivity index (χ2v) is 5.00. The van der Waals surface area contributed by atoms with Gasteiger partial charge in [-0.3, -0.25) is 4.79 Å². The van der Waals surface area contributed by atoms with Gasteiger partial charge in [-0.15, -0.1) is 0 Å². The van der Waals surface area contributed by atoms with Crippen molar-refractivity contribution in [1.82, 2.24) is 4.90 Å². The van der Waals surface area contributed by atoms with Crippen molar-refractivity contribution in [3.8, 4) is 0 Å². The number of hydrogen-bond donors (Lipinski definition) is 1. The number of carbonyl (C=O) groups is 1. The van der Waals surface area contributed by atoms with Gasteiger partial charge in [0, 0.05) is 6.04 Å². The lowest BCUT2D eigenvalue weighted by atomic mass is 10.1. The zero-order chi connectivity index (χ0) is 13.0. The molecule has 1 aromatic heterocycles. The standard InChI is InChI=1S/C14H22N2O2/c1-2-13(15)14(17)16(11-6-3-4-7-11)10-12-8-5-9-18-12/h5,8-9,11,13H,2-4,6-7,10,15H2,1H3/t13-/m0/s1. The zero-order valence-electron chi connectivity index (χ0n) is 11.0. The summed E-state index contributed by atoms with van der Waals surface area (Å²) in [6.07, 6.45) is 6.90. The molecular formula is C14H22N2O2. The molecule has 1 fully saturated rings. The highest BCUT2D eigenvalue weighted by molar-refractivity contribution is 5.81. The summed E-state index contributed by atoms with van der Waals surface area (Å²) < 4.78 is 5.35. The SMILES string of the molecule is CC[C@H](N)C(=O)N(Cc1ccco1)C1CCCC1. The van der Waals surface area contributed by atoms with Gasteiger partial charge in [0.1, 0.15) is 5.76 Å². The summed E-state index contributed by atoms with van der Waals surface area (Å²) in [7, 11) is 0. The van der Waals surface area contributed by atoms with E-state index in [-0.39, 0.29) is 11.9 Å². The molecule has 1 saturated carbocycles. The molecule has 100 valence electrons. The predicted molar refractivity (Wildman–Crippen MR) is 69.8 cm³/mol. The molecular weight excluding hydrogens is 228 g/mol. The largest absolute Gasteiger partial charge is 0.467 e. The first-order valence-electron chi connectivity index (χ1n) is 6.80. The fourth-order valence-electron chi connectivity index (χ4n) is 2.56.